The highest BCUT2D eigenvalue weighted by molar-refractivity contribution is 5.56. The van der Waals surface area contributed by atoms with E-state index in [1.54, 1.807) is 19.1 Å². The molecule has 1 N–H and O–H groups in total. The number of non-ortho nitro benzene ring substituents is 1. The van der Waals surface area contributed by atoms with Crippen LogP contribution < -0.4 is 0 Å². The van der Waals surface area contributed by atoms with Crippen LogP contribution >= 0.6 is 0 Å². The lowest BCUT2D eigenvalue weighted by atomic mass is 10.2. The first kappa shape index (κ1) is 13.2. The summed E-state index contributed by atoms with van der Waals surface area (Å²) in [4.78, 5) is 14.2. The molecule has 0 aliphatic heterocycles. The smallest absolute Gasteiger partial charge is 0.269 e. The Balaban J connectivity index is 2.11. The molecule has 0 amide bonds. The number of aliphatic hydroxyl groups is 1. The number of nitro groups is 1. The molecule has 1 aromatic heterocycles. The minimum atomic E-state index is -0.464. The van der Waals surface area contributed by atoms with Crippen molar-refractivity contribution in [2.45, 2.75) is 25.9 Å². The number of nitrogens with zero attached hydrogens (tertiary/aromatic N) is 3. The largest absolute Gasteiger partial charge is 0.393 e. The summed E-state index contributed by atoms with van der Waals surface area (Å²) in [6, 6.07) is 5.92. The molecule has 0 radical (unpaired) electrons. The van der Waals surface area contributed by atoms with Gasteiger partial charge in [-0.25, -0.2) is 0 Å². The fourth-order valence-electron chi connectivity index (χ4n) is 1.54. The van der Waals surface area contributed by atoms with E-state index in [0.29, 0.717) is 30.1 Å². The third-order valence-corrected chi connectivity index (χ3v) is 2.58. The number of aromatic nitrogens is 2. The fourth-order valence-corrected chi connectivity index (χ4v) is 1.54. The topological polar surface area (TPSA) is 102 Å². The summed E-state index contributed by atoms with van der Waals surface area (Å²) in [6.45, 7) is 1.69. The number of aliphatic hydroxyl groups excluding tert-OH is 1. The van der Waals surface area contributed by atoms with E-state index in [4.69, 9.17) is 9.63 Å². The lowest BCUT2D eigenvalue weighted by molar-refractivity contribution is -0.384. The van der Waals surface area contributed by atoms with Gasteiger partial charge in [0.15, 0.2) is 0 Å². The van der Waals surface area contributed by atoms with Crippen molar-refractivity contribution >= 4 is 5.69 Å². The van der Waals surface area contributed by atoms with E-state index in [-0.39, 0.29) is 5.69 Å². The van der Waals surface area contributed by atoms with Gasteiger partial charge in [0.2, 0.25) is 11.7 Å². The molecule has 19 heavy (non-hydrogen) atoms. The maximum atomic E-state index is 10.5. The van der Waals surface area contributed by atoms with Crippen molar-refractivity contribution in [3.63, 3.8) is 0 Å². The SMILES string of the molecule is CC(O)CCc1nc(-c2ccc([N+](=O)[O-])cc2)no1. The first-order valence-electron chi connectivity index (χ1n) is 5.81. The van der Waals surface area contributed by atoms with Crippen LogP contribution in [0.25, 0.3) is 11.4 Å². The highest BCUT2D eigenvalue weighted by atomic mass is 16.6. The molecule has 100 valence electrons. The molecule has 0 aliphatic rings. The second kappa shape index (κ2) is 5.57. The average Bonchev–Trinajstić information content (AvgIpc) is 2.85. The van der Waals surface area contributed by atoms with Crippen LogP contribution in [0, 0.1) is 10.1 Å². The summed E-state index contributed by atoms with van der Waals surface area (Å²) < 4.78 is 5.04. The standard InChI is InChI=1S/C12H13N3O4/c1-8(16)2-7-11-13-12(14-19-11)9-3-5-10(6-4-9)15(17)18/h3-6,8,16H,2,7H2,1H3. The maximum Gasteiger partial charge on any atom is 0.269 e. The van der Waals surface area contributed by atoms with Gasteiger partial charge >= 0.3 is 0 Å². The fraction of sp³-hybridized carbons (Fsp3) is 0.333. The molecule has 0 saturated heterocycles. The van der Waals surface area contributed by atoms with Gasteiger partial charge in [0.05, 0.1) is 11.0 Å². The van der Waals surface area contributed by atoms with Crippen LogP contribution in [0.4, 0.5) is 5.69 Å². The molecule has 1 aromatic carbocycles. The van der Waals surface area contributed by atoms with Crippen molar-refractivity contribution in [3.05, 3.63) is 40.3 Å². The van der Waals surface area contributed by atoms with Crippen LogP contribution in [0.5, 0.6) is 0 Å². The Bertz CT molecular complexity index is 563. The van der Waals surface area contributed by atoms with Crippen LogP contribution in [0.3, 0.4) is 0 Å². The molecule has 0 spiro atoms. The number of nitro benzene ring substituents is 1. The highest BCUT2D eigenvalue weighted by Gasteiger charge is 2.11. The molecule has 0 saturated carbocycles. The zero-order valence-corrected chi connectivity index (χ0v) is 10.3. The summed E-state index contributed by atoms with van der Waals surface area (Å²) in [7, 11) is 0. The molecule has 0 fully saturated rings. The average molecular weight is 263 g/mol. The quantitative estimate of drug-likeness (QED) is 0.653. The Morgan fingerprint density at radius 2 is 2.11 bits per heavy atom. The number of aryl methyl sites for hydroxylation is 1. The normalized spacial score (nSPS) is 12.3. The first-order chi connectivity index (χ1) is 9.06. The number of benzene rings is 1. The maximum absolute atomic E-state index is 10.5. The summed E-state index contributed by atoms with van der Waals surface area (Å²) in [5.41, 5.74) is 0.666. The van der Waals surface area contributed by atoms with Crippen molar-refractivity contribution in [1.82, 2.24) is 10.1 Å². The summed E-state index contributed by atoms with van der Waals surface area (Å²) in [5, 5.41) is 23.5. The molecule has 1 heterocycles. The van der Waals surface area contributed by atoms with Gasteiger partial charge in [-0.15, -0.1) is 0 Å². The molecule has 0 aliphatic carbocycles. The van der Waals surface area contributed by atoms with Gasteiger partial charge in [0.1, 0.15) is 0 Å². The Morgan fingerprint density at radius 3 is 2.68 bits per heavy atom. The Kier molecular flexibility index (Phi) is 3.86. The van der Waals surface area contributed by atoms with Gasteiger partial charge in [-0.1, -0.05) is 5.16 Å². The van der Waals surface area contributed by atoms with Gasteiger partial charge in [-0.05, 0) is 25.5 Å². The molecule has 2 aromatic rings. The molecular weight excluding hydrogens is 250 g/mol. The minimum Gasteiger partial charge on any atom is -0.393 e. The molecule has 7 heteroatoms. The summed E-state index contributed by atoms with van der Waals surface area (Å²) >= 11 is 0. The zero-order chi connectivity index (χ0) is 13.8. The predicted octanol–water partition coefficient (Wildman–Crippen LogP) is 1.96. The molecule has 7 nitrogen and oxygen atoms in total. The minimum absolute atomic E-state index is 0.0153. The Labute approximate surface area is 109 Å². The third kappa shape index (κ3) is 3.35. The second-order valence-corrected chi connectivity index (χ2v) is 4.20. The van der Waals surface area contributed by atoms with Gasteiger partial charge in [-0.2, -0.15) is 4.98 Å². The predicted molar refractivity (Wildman–Crippen MR) is 66.4 cm³/mol. The third-order valence-electron chi connectivity index (χ3n) is 2.58. The number of hydrogen-bond donors (Lipinski definition) is 1. The van der Waals surface area contributed by atoms with Crippen molar-refractivity contribution in [2.75, 3.05) is 0 Å². The van der Waals surface area contributed by atoms with Crippen molar-refractivity contribution < 1.29 is 14.6 Å². The first-order valence-corrected chi connectivity index (χ1v) is 5.81. The van der Waals surface area contributed by atoms with E-state index < -0.39 is 11.0 Å². The van der Waals surface area contributed by atoms with Crippen molar-refractivity contribution in [2.24, 2.45) is 0 Å². The van der Waals surface area contributed by atoms with Crippen LogP contribution in [0.15, 0.2) is 28.8 Å². The number of hydrogen-bond acceptors (Lipinski definition) is 6. The van der Waals surface area contributed by atoms with E-state index in [1.807, 2.05) is 0 Å². The van der Waals surface area contributed by atoms with Crippen molar-refractivity contribution in [1.29, 1.82) is 0 Å². The van der Waals surface area contributed by atoms with Crippen LogP contribution in [-0.2, 0) is 6.42 Å². The lowest BCUT2D eigenvalue weighted by Crippen LogP contribution is -2.01. The van der Waals surface area contributed by atoms with E-state index >= 15 is 0 Å². The monoisotopic (exact) mass is 263 g/mol. The van der Waals surface area contributed by atoms with E-state index in [2.05, 4.69) is 10.1 Å². The molecule has 1 unspecified atom stereocenters. The van der Waals surface area contributed by atoms with Gasteiger partial charge in [-0.3, -0.25) is 10.1 Å². The molecular formula is C12H13N3O4. The van der Waals surface area contributed by atoms with Gasteiger partial charge in [0, 0.05) is 24.1 Å². The molecule has 0 bridgehead atoms. The van der Waals surface area contributed by atoms with Crippen LogP contribution in [-0.4, -0.2) is 26.3 Å². The second-order valence-electron chi connectivity index (χ2n) is 4.20. The summed E-state index contributed by atoms with van der Waals surface area (Å²) in [5.74, 6) is 0.824. The van der Waals surface area contributed by atoms with Crippen molar-refractivity contribution in [3.8, 4) is 11.4 Å². The summed E-state index contributed by atoms with van der Waals surface area (Å²) in [6.07, 6.45) is 0.620. The molecule has 1 atom stereocenters. The number of rotatable bonds is 5. The van der Waals surface area contributed by atoms with E-state index in [0.717, 1.165) is 0 Å². The van der Waals surface area contributed by atoms with E-state index in [9.17, 15) is 10.1 Å². The lowest BCUT2D eigenvalue weighted by Gasteiger charge is -1.98. The zero-order valence-electron chi connectivity index (χ0n) is 10.3. The Hall–Kier alpha value is -2.28. The van der Waals surface area contributed by atoms with Crippen LogP contribution in [0.1, 0.15) is 19.2 Å². The van der Waals surface area contributed by atoms with Gasteiger partial charge < -0.3 is 9.63 Å². The highest BCUT2D eigenvalue weighted by Crippen LogP contribution is 2.20. The van der Waals surface area contributed by atoms with Gasteiger partial charge in [0.25, 0.3) is 5.69 Å². The molecule has 2 rings (SSSR count). The Morgan fingerprint density at radius 1 is 1.42 bits per heavy atom. The van der Waals surface area contributed by atoms with E-state index in [1.165, 1.54) is 12.1 Å². The van der Waals surface area contributed by atoms with Crippen LogP contribution in [0.2, 0.25) is 0 Å².